The molecule has 34 heavy (non-hydrogen) atoms. The Morgan fingerprint density at radius 2 is 2.00 bits per heavy atom. The molecule has 0 saturated heterocycles. The summed E-state index contributed by atoms with van der Waals surface area (Å²) in [4.78, 5) is 8.87. The van der Waals surface area contributed by atoms with Crippen LogP contribution in [0.3, 0.4) is 0 Å². The van der Waals surface area contributed by atoms with Crippen molar-refractivity contribution in [2.45, 2.75) is 19.1 Å². The van der Waals surface area contributed by atoms with Crippen LogP contribution in [0.15, 0.2) is 54.9 Å². The Morgan fingerprint density at radius 1 is 1.18 bits per heavy atom. The second-order valence-corrected chi connectivity index (χ2v) is 7.66. The average Bonchev–Trinajstić information content (AvgIpc) is 3.32. The molecule has 3 N–H and O–H groups in total. The van der Waals surface area contributed by atoms with Crippen LogP contribution in [-0.4, -0.2) is 34.0 Å². The lowest BCUT2D eigenvalue weighted by Crippen LogP contribution is -2.09. The molecule has 6 nitrogen and oxygen atoms in total. The van der Waals surface area contributed by atoms with Gasteiger partial charge >= 0.3 is 6.18 Å². The van der Waals surface area contributed by atoms with Crippen LogP contribution in [0.5, 0.6) is 0 Å². The van der Waals surface area contributed by atoms with Gasteiger partial charge in [-0.1, -0.05) is 12.1 Å². The van der Waals surface area contributed by atoms with E-state index < -0.39 is 11.7 Å². The Kier molecular flexibility index (Phi) is 6.95. The fraction of sp³-hybridized carbons (Fsp3) is 0.250. The van der Waals surface area contributed by atoms with Gasteiger partial charge < -0.3 is 15.8 Å². The minimum absolute atomic E-state index is 0.0619. The Balaban J connectivity index is 0.00000133. The smallest absolute Gasteiger partial charge is 0.399 e. The lowest BCUT2D eigenvalue weighted by Gasteiger charge is -2.16. The minimum Gasteiger partial charge on any atom is -0.399 e. The number of nitrogens with one attached hydrogen (secondary N) is 1. The Bertz CT molecular complexity index is 1350. The summed E-state index contributed by atoms with van der Waals surface area (Å²) in [5, 5.41) is 4.04. The largest absolute Gasteiger partial charge is 0.416 e. The molecule has 10 heteroatoms. The van der Waals surface area contributed by atoms with Crippen molar-refractivity contribution in [3.05, 3.63) is 71.6 Å². The number of rotatable bonds is 4. The lowest BCUT2D eigenvalue weighted by molar-refractivity contribution is -0.137. The number of halogens is 4. The van der Waals surface area contributed by atoms with Crippen LogP contribution < -0.4 is 11.1 Å². The van der Waals surface area contributed by atoms with Crippen molar-refractivity contribution in [2.75, 3.05) is 30.6 Å². The first-order valence-corrected chi connectivity index (χ1v) is 11.3. The van der Waals surface area contributed by atoms with Crippen LogP contribution in [0.2, 0.25) is 0 Å². The van der Waals surface area contributed by atoms with Crippen molar-refractivity contribution in [1.29, 1.82) is 0 Å². The van der Waals surface area contributed by atoms with Gasteiger partial charge in [-0.25, -0.2) is 4.98 Å². The lowest BCUT2D eigenvalue weighted by atomic mass is 10.00. The number of aromatic nitrogens is 3. The maximum Gasteiger partial charge on any atom is 0.416 e. The van der Waals surface area contributed by atoms with Gasteiger partial charge in [-0.2, -0.15) is 18.2 Å². The number of nitrogens with zero attached hydrogens (tertiary/aromatic N) is 3. The first-order chi connectivity index (χ1) is 16.4. The normalized spacial score (nSPS) is 14.0. The van der Waals surface area contributed by atoms with E-state index in [0.717, 1.165) is 35.0 Å². The van der Waals surface area contributed by atoms with Gasteiger partial charge in [0.15, 0.2) is 0 Å². The molecule has 0 aliphatic carbocycles. The quantitative estimate of drug-likeness (QED) is 0.282. The molecule has 2 aromatic carbocycles. The highest BCUT2D eigenvalue weighted by Gasteiger charge is 2.31. The summed E-state index contributed by atoms with van der Waals surface area (Å²) < 4.78 is 46.8. The van der Waals surface area contributed by atoms with Crippen LogP contribution in [0.1, 0.15) is 23.1 Å². The second-order valence-electron chi connectivity index (χ2n) is 7.66. The molecular formula is C24H23ClF3N5O. The molecule has 0 fully saturated rings. The molecule has 0 saturated carbocycles. The van der Waals surface area contributed by atoms with E-state index in [1.807, 2.05) is 22.7 Å². The predicted molar refractivity (Wildman–Crippen MR) is 129 cm³/mol. The molecule has 2 aromatic heterocycles. The molecule has 0 radical (unpaired) electrons. The number of nitrogens with two attached hydrogens (primary N) is 1. The highest BCUT2D eigenvalue weighted by atomic mass is 35.5. The van der Waals surface area contributed by atoms with Gasteiger partial charge in [-0.3, -0.25) is 4.40 Å². The van der Waals surface area contributed by atoms with E-state index in [4.69, 9.17) is 10.5 Å². The zero-order chi connectivity index (χ0) is 24.3. The van der Waals surface area contributed by atoms with Crippen LogP contribution in [0, 0.1) is 0 Å². The summed E-state index contributed by atoms with van der Waals surface area (Å²) in [7, 11) is 0. The van der Waals surface area contributed by atoms with E-state index >= 15 is 0 Å². The molecule has 1 aliphatic heterocycles. The molecule has 0 spiro atoms. The molecule has 3 heterocycles. The highest BCUT2D eigenvalue weighted by Crippen LogP contribution is 2.32. The first-order valence-electron chi connectivity index (χ1n) is 10.5. The van der Waals surface area contributed by atoms with Crippen LogP contribution in [0.4, 0.5) is 24.7 Å². The monoisotopic (exact) mass is 489 g/mol. The molecular weight excluding hydrogens is 467 g/mol. The summed E-state index contributed by atoms with van der Waals surface area (Å²) in [6.07, 6.45) is 3.38. The Morgan fingerprint density at radius 3 is 2.74 bits per heavy atom. The molecule has 1 aliphatic rings. The third-order valence-electron chi connectivity index (χ3n) is 5.48. The van der Waals surface area contributed by atoms with Crippen molar-refractivity contribution < 1.29 is 17.9 Å². The molecule has 5 rings (SSSR count). The Labute approximate surface area is 199 Å². The van der Waals surface area contributed by atoms with Gasteiger partial charge in [0.2, 0.25) is 5.78 Å². The molecule has 4 aromatic rings. The van der Waals surface area contributed by atoms with Gasteiger partial charge in [0, 0.05) is 36.4 Å². The number of benzene rings is 2. The minimum atomic E-state index is -4.46. The number of hydrogen-bond acceptors (Lipinski definition) is 5. The van der Waals surface area contributed by atoms with E-state index in [2.05, 4.69) is 39.0 Å². The van der Waals surface area contributed by atoms with Gasteiger partial charge in [0.1, 0.15) is 5.82 Å². The number of hydrogen-bond donors (Lipinski definition) is 2. The van der Waals surface area contributed by atoms with Gasteiger partial charge in [-0.15, -0.1) is 11.6 Å². The molecule has 0 bridgehead atoms. The summed E-state index contributed by atoms with van der Waals surface area (Å²) in [6.45, 7) is 1.38. The first kappa shape index (κ1) is 23.8. The van der Waals surface area contributed by atoms with E-state index in [9.17, 15) is 13.2 Å². The standard InChI is InChI=1S/C23H20F3N5O.CH3Cl/c24-23(25,26)17-9-14(10-18(27)12-17)13-29-21-19-11-16(15-3-7-32-8-4-15)1-2-20(19)31-6-5-28-22(31)30-21;1-2/h1-3,5-6,9-12H,4,7-8,13,27H2,(H,28,29,30);1H3. The SMILES string of the molecule is CCl.Nc1cc(CNc2nc3nccn3c3ccc(C4=CCOCC4)cc23)cc(C(F)(F)F)c1. The summed E-state index contributed by atoms with van der Waals surface area (Å²) >= 11 is 4.64. The third-order valence-corrected chi connectivity index (χ3v) is 5.48. The number of ether oxygens (including phenoxy) is 1. The zero-order valence-electron chi connectivity index (χ0n) is 18.4. The van der Waals surface area contributed by atoms with Crippen LogP contribution in [0.25, 0.3) is 22.3 Å². The molecule has 0 atom stereocenters. The van der Waals surface area contributed by atoms with Crippen molar-refractivity contribution in [1.82, 2.24) is 14.4 Å². The van der Waals surface area contributed by atoms with Crippen molar-refractivity contribution in [3.63, 3.8) is 0 Å². The third kappa shape index (κ3) is 4.95. The van der Waals surface area contributed by atoms with E-state index in [0.29, 0.717) is 30.4 Å². The maximum atomic E-state index is 13.2. The zero-order valence-corrected chi connectivity index (χ0v) is 19.1. The number of anilines is 2. The van der Waals surface area contributed by atoms with Crippen molar-refractivity contribution >= 4 is 45.4 Å². The number of nitrogen functional groups attached to an aromatic ring is 1. The van der Waals surface area contributed by atoms with Crippen LogP contribution >= 0.6 is 11.6 Å². The van der Waals surface area contributed by atoms with Gasteiger partial charge in [-0.05, 0) is 53.5 Å². The average molecular weight is 490 g/mol. The van der Waals surface area contributed by atoms with Crippen molar-refractivity contribution in [3.8, 4) is 0 Å². The fourth-order valence-electron chi connectivity index (χ4n) is 3.96. The topological polar surface area (TPSA) is 77.5 Å². The Hall–Kier alpha value is -3.30. The summed E-state index contributed by atoms with van der Waals surface area (Å²) in [5.74, 6) is 1.05. The second kappa shape index (κ2) is 9.90. The van der Waals surface area contributed by atoms with E-state index in [1.54, 1.807) is 6.20 Å². The summed E-state index contributed by atoms with van der Waals surface area (Å²) in [5.41, 5.74) is 8.57. The van der Waals surface area contributed by atoms with Crippen molar-refractivity contribution in [2.24, 2.45) is 0 Å². The predicted octanol–water partition coefficient (Wildman–Crippen LogP) is 5.75. The fourth-order valence-corrected chi connectivity index (χ4v) is 3.96. The summed E-state index contributed by atoms with van der Waals surface area (Å²) in [6, 6.07) is 9.65. The molecule has 0 unspecified atom stereocenters. The number of alkyl halides is 4. The maximum absolute atomic E-state index is 13.2. The van der Waals surface area contributed by atoms with Crippen LogP contribution in [-0.2, 0) is 17.5 Å². The molecule has 0 amide bonds. The highest BCUT2D eigenvalue weighted by molar-refractivity contribution is 6.15. The van der Waals surface area contributed by atoms with E-state index in [-0.39, 0.29) is 12.2 Å². The number of imidazole rings is 1. The number of fused-ring (bicyclic) bond motifs is 3. The van der Waals surface area contributed by atoms with Gasteiger partial charge in [0.25, 0.3) is 0 Å². The van der Waals surface area contributed by atoms with E-state index in [1.165, 1.54) is 18.0 Å². The molecule has 178 valence electrons. The van der Waals surface area contributed by atoms with Gasteiger partial charge in [0.05, 0.1) is 24.3 Å².